The maximum Gasteiger partial charge on any atom is 0.283 e. The van der Waals surface area contributed by atoms with Crippen molar-refractivity contribution in [2.75, 3.05) is 23.7 Å². The van der Waals surface area contributed by atoms with Crippen LogP contribution in [-0.2, 0) is 10.0 Å². The SMILES string of the molecule is CNc1cccnc1S(=O)(=O)N(C)c1ccccc1C. The molecular formula is C14H17N3O2S. The van der Waals surface area contributed by atoms with E-state index < -0.39 is 10.0 Å². The Balaban J connectivity index is 2.53. The van der Waals surface area contributed by atoms with Crippen LogP contribution >= 0.6 is 0 Å². The quantitative estimate of drug-likeness (QED) is 0.938. The molecule has 0 unspecified atom stereocenters. The number of sulfonamides is 1. The molecule has 0 bridgehead atoms. The molecule has 0 fully saturated rings. The Morgan fingerprint density at radius 2 is 1.85 bits per heavy atom. The number of anilines is 2. The molecule has 1 aromatic heterocycles. The zero-order valence-corrected chi connectivity index (χ0v) is 12.5. The lowest BCUT2D eigenvalue weighted by atomic mass is 10.2. The summed E-state index contributed by atoms with van der Waals surface area (Å²) in [5.41, 5.74) is 2.01. The van der Waals surface area contributed by atoms with Crippen molar-refractivity contribution in [2.24, 2.45) is 0 Å². The fourth-order valence-electron chi connectivity index (χ4n) is 1.96. The normalized spacial score (nSPS) is 11.2. The van der Waals surface area contributed by atoms with Gasteiger partial charge >= 0.3 is 0 Å². The van der Waals surface area contributed by atoms with Crippen molar-refractivity contribution < 1.29 is 8.42 Å². The van der Waals surface area contributed by atoms with Crippen molar-refractivity contribution in [3.63, 3.8) is 0 Å². The van der Waals surface area contributed by atoms with Crippen molar-refractivity contribution in [1.82, 2.24) is 4.98 Å². The molecule has 0 saturated carbocycles. The monoisotopic (exact) mass is 291 g/mol. The molecule has 0 atom stereocenters. The summed E-state index contributed by atoms with van der Waals surface area (Å²) in [6.45, 7) is 1.87. The van der Waals surface area contributed by atoms with Crippen LogP contribution < -0.4 is 9.62 Å². The standard InChI is InChI=1S/C14H17N3O2S/c1-11-7-4-5-9-13(11)17(3)20(18,19)14-12(15-2)8-6-10-16-14/h4-10,15H,1-3H3. The van der Waals surface area contributed by atoms with Crippen molar-refractivity contribution in [1.29, 1.82) is 0 Å². The van der Waals surface area contributed by atoms with Crippen molar-refractivity contribution in [3.05, 3.63) is 48.2 Å². The van der Waals surface area contributed by atoms with Crippen LogP contribution in [0.5, 0.6) is 0 Å². The number of nitrogens with zero attached hydrogens (tertiary/aromatic N) is 2. The van der Waals surface area contributed by atoms with Crippen LogP contribution in [0.2, 0.25) is 0 Å². The zero-order valence-electron chi connectivity index (χ0n) is 11.7. The van der Waals surface area contributed by atoms with Gasteiger partial charge in [-0.1, -0.05) is 18.2 Å². The van der Waals surface area contributed by atoms with Gasteiger partial charge in [-0.05, 0) is 30.7 Å². The topological polar surface area (TPSA) is 62.3 Å². The number of para-hydroxylation sites is 1. The summed E-state index contributed by atoms with van der Waals surface area (Å²) in [7, 11) is -0.494. The number of hydrogen-bond acceptors (Lipinski definition) is 4. The van der Waals surface area contributed by atoms with Gasteiger partial charge in [0.15, 0.2) is 5.03 Å². The van der Waals surface area contributed by atoms with E-state index in [1.807, 2.05) is 25.1 Å². The second kappa shape index (κ2) is 5.50. The fraction of sp³-hybridized carbons (Fsp3) is 0.214. The largest absolute Gasteiger partial charge is 0.386 e. The molecule has 0 spiro atoms. The van der Waals surface area contributed by atoms with Crippen LogP contribution in [0, 0.1) is 6.92 Å². The molecule has 1 heterocycles. The average molecular weight is 291 g/mol. The third-order valence-corrected chi connectivity index (χ3v) is 4.83. The molecule has 0 aliphatic carbocycles. The minimum atomic E-state index is -3.70. The van der Waals surface area contributed by atoms with Crippen LogP contribution in [-0.4, -0.2) is 27.5 Å². The number of rotatable bonds is 4. The molecule has 0 amide bonds. The molecule has 0 saturated heterocycles. The lowest BCUT2D eigenvalue weighted by Crippen LogP contribution is -2.28. The first kappa shape index (κ1) is 14.3. The first-order valence-electron chi connectivity index (χ1n) is 6.16. The third kappa shape index (κ3) is 2.46. The summed E-state index contributed by atoms with van der Waals surface area (Å²) in [5, 5.41) is 2.88. The van der Waals surface area contributed by atoms with Gasteiger partial charge in [-0.2, -0.15) is 8.42 Å². The predicted molar refractivity (Wildman–Crippen MR) is 80.6 cm³/mol. The number of pyridine rings is 1. The van der Waals surface area contributed by atoms with Gasteiger partial charge in [0.05, 0.1) is 11.4 Å². The van der Waals surface area contributed by atoms with E-state index in [1.165, 1.54) is 17.5 Å². The lowest BCUT2D eigenvalue weighted by Gasteiger charge is -2.21. The maximum absolute atomic E-state index is 12.7. The third-order valence-electron chi connectivity index (χ3n) is 3.10. The van der Waals surface area contributed by atoms with E-state index in [4.69, 9.17) is 0 Å². The Morgan fingerprint density at radius 3 is 2.50 bits per heavy atom. The molecular weight excluding hydrogens is 274 g/mol. The summed E-state index contributed by atoms with van der Waals surface area (Å²) in [6.07, 6.45) is 1.47. The van der Waals surface area contributed by atoms with E-state index in [1.54, 1.807) is 25.2 Å². The van der Waals surface area contributed by atoms with Crippen LogP contribution in [0.4, 0.5) is 11.4 Å². The molecule has 5 nitrogen and oxygen atoms in total. The molecule has 2 aromatic rings. The van der Waals surface area contributed by atoms with E-state index in [-0.39, 0.29) is 5.03 Å². The van der Waals surface area contributed by atoms with Gasteiger partial charge < -0.3 is 5.32 Å². The van der Waals surface area contributed by atoms with E-state index in [0.717, 1.165) is 5.56 Å². The predicted octanol–water partition coefficient (Wildman–Crippen LogP) is 2.26. The Labute approximate surface area is 119 Å². The molecule has 1 aromatic carbocycles. The Kier molecular flexibility index (Phi) is 3.94. The van der Waals surface area contributed by atoms with Crippen molar-refractivity contribution in [3.8, 4) is 0 Å². The van der Waals surface area contributed by atoms with Crippen LogP contribution in [0.1, 0.15) is 5.56 Å². The van der Waals surface area contributed by atoms with Crippen LogP contribution in [0.3, 0.4) is 0 Å². The molecule has 6 heteroatoms. The molecule has 20 heavy (non-hydrogen) atoms. The van der Waals surface area contributed by atoms with Gasteiger partial charge in [0, 0.05) is 20.3 Å². The zero-order chi connectivity index (χ0) is 14.8. The molecule has 2 rings (SSSR count). The lowest BCUT2D eigenvalue weighted by molar-refractivity contribution is 0.591. The van der Waals surface area contributed by atoms with Crippen molar-refractivity contribution in [2.45, 2.75) is 11.9 Å². The Morgan fingerprint density at radius 1 is 1.15 bits per heavy atom. The Hall–Kier alpha value is -2.08. The van der Waals surface area contributed by atoms with E-state index in [9.17, 15) is 8.42 Å². The van der Waals surface area contributed by atoms with Crippen molar-refractivity contribution >= 4 is 21.4 Å². The summed E-state index contributed by atoms with van der Waals surface area (Å²) in [6, 6.07) is 10.7. The molecule has 0 aliphatic heterocycles. The highest BCUT2D eigenvalue weighted by molar-refractivity contribution is 7.92. The number of hydrogen-bond donors (Lipinski definition) is 1. The summed E-state index contributed by atoms with van der Waals surface area (Å²) < 4.78 is 26.6. The van der Waals surface area contributed by atoms with Crippen LogP contribution in [0.15, 0.2) is 47.6 Å². The number of nitrogens with one attached hydrogen (secondary N) is 1. The highest BCUT2D eigenvalue weighted by Crippen LogP contribution is 2.27. The minimum absolute atomic E-state index is 0.0215. The van der Waals surface area contributed by atoms with E-state index in [2.05, 4.69) is 10.3 Å². The second-order valence-electron chi connectivity index (χ2n) is 4.37. The van der Waals surface area contributed by atoms with Crippen LogP contribution in [0.25, 0.3) is 0 Å². The van der Waals surface area contributed by atoms with Gasteiger partial charge in [0.2, 0.25) is 0 Å². The first-order valence-corrected chi connectivity index (χ1v) is 7.60. The summed E-state index contributed by atoms with van der Waals surface area (Å²) in [5.74, 6) is 0. The minimum Gasteiger partial charge on any atom is -0.386 e. The van der Waals surface area contributed by atoms with Gasteiger partial charge in [-0.15, -0.1) is 0 Å². The summed E-state index contributed by atoms with van der Waals surface area (Å²) in [4.78, 5) is 4.01. The average Bonchev–Trinajstić information content (AvgIpc) is 2.47. The number of aryl methyl sites for hydroxylation is 1. The highest BCUT2D eigenvalue weighted by atomic mass is 32.2. The molecule has 1 N–H and O–H groups in total. The van der Waals surface area contributed by atoms with E-state index >= 15 is 0 Å². The maximum atomic E-state index is 12.7. The Bertz CT molecular complexity index is 714. The fourth-order valence-corrected chi connectivity index (χ4v) is 3.33. The first-order chi connectivity index (χ1) is 9.48. The number of benzene rings is 1. The molecule has 106 valence electrons. The van der Waals surface area contributed by atoms with Gasteiger partial charge in [0.25, 0.3) is 10.0 Å². The number of aromatic nitrogens is 1. The highest BCUT2D eigenvalue weighted by Gasteiger charge is 2.26. The van der Waals surface area contributed by atoms with Gasteiger partial charge in [-0.3, -0.25) is 4.31 Å². The summed E-state index contributed by atoms with van der Waals surface area (Å²) >= 11 is 0. The smallest absolute Gasteiger partial charge is 0.283 e. The van der Waals surface area contributed by atoms with Gasteiger partial charge in [-0.25, -0.2) is 4.98 Å². The molecule has 0 aliphatic rings. The van der Waals surface area contributed by atoms with Gasteiger partial charge in [0.1, 0.15) is 0 Å². The van der Waals surface area contributed by atoms with E-state index in [0.29, 0.717) is 11.4 Å². The molecule has 0 radical (unpaired) electrons. The second-order valence-corrected chi connectivity index (χ2v) is 6.25.